The molecule has 2 heterocycles. The molecule has 0 saturated carbocycles. The van der Waals surface area contributed by atoms with Crippen LogP contribution in [0.4, 0.5) is 18.9 Å². The lowest BCUT2D eigenvalue weighted by molar-refractivity contribution is -0.157. The molecule has 0 radical (unpaired) electrons. The summed E-state index contributed by atoms with van der Waals surface area (Å²) in [5, 5.41) is 9.28. The van der Waals surface area contributed by atoms with Gasteiger partial charge in [0.05, 0.1) is 23.8 Å². The molecule has 29 heavy (non-hydrogen) atoms. The molecule has 1 aromatic heterocycles. The number of amidine groups is 1. The number of para-hydroxylation sites is 1. The number of aliphatic imine (C=N–C) groups is 1. The van der Waals surface area contributed by atoms with Crippen molar-refractivity contribution in [1.82, 2.24) is 15.5 Å². The van der Waals surface area contributed by atoms with Gasteiger partial charge in [-0.2, -0.15) is 17.4 Å². The molecule has 1 aliphatic rings. The topological polar surface area (TPSA) is 104 Å². The average Bonchev–Trinajstić information content (AvgIpc) is 3.09. The summed E-state index contributed by atoms with van der Waals surface area (Å²) < 4.78 is 67.4. The molecule has 12 heteroatoms. The van der Waals surface area contributed by atoms with Crippen molar-refractivity contribution in [1.29, 1.82) is 0 Å². The molecule has 0 spiro atoms. The van der Waals surface area contributed by atoms with Crippen LogP contribution in [0, 0.1) is 0 Å². The molecule has 8 nitrogen and oxygen atoms in total. The molecule has 1 unspecified atom stereocenters. The van der Waals surface area contributed by atoms with Gasteiger partial charge in [0.15, 0.2) is 0 Å². The first kappa shape index (κ1) is 21.0. The molecule has 0 amide bonds. The lowest BCUT2D eigenvalue weighted by atomic mass is 10.1. The minimum Gasteiger partial charge on any atom is -0.413 e. The second-order valence-electron chi connectivity index (χ2n) is 6.98. The highest BCUT2D eigenvalue weighted by Gasteiger charge is 2.39. The standard InChI is InChI=1S/C17H20F3N5O3S/c1-11-13(15-23-24-16(28-15)17(18,19)20)9-21-14(22-11)10-25(29(2,3,26)27)12-7-5-4-6-8-12/h4-9,11H,10H2,1-3H3,(H,21,22)(H,26,27). The van der Waals surface area contributed by atoms with Crippen LogP contribution in [0.15, 0.2) is 45.9 Å². The van der Waals surface area contributed by atoms with E-state index in [0.717, 1.165) is 0 Å². The number of benzene rings is 1. The lowest BCUT2D eigenvalue weighted by Gasteiger charge is -2.47. The second-order valence-corrected chi connectivity index (χ2v) is 10.8. The van der Waals surface area contributed by atoms with E-state index in [1.165, 1.54) is 23.0 Å². The summed E-state index contributed by atoms with van der Waals surface area (Å²) in [7, 11) is -4.16. The van der Waals surface area contributed by atoms with Gasteiger partial charge >= 0.3 is 12.1 Å². The average molecular weight is 431 g/mol. The van der Waals surface area contributed by atoms with Gasteiger partial charge in [0, 0.05) is 18.7 Å². The van der Waals surface area contributed by atoms with Gasteiger partial charge in [0.1, 0.15) is 5.84 Å². The van der Waals surface area contributed by atoms with Gasteiger partial charge in [0.25, 0.3) is 0 Å². The summed E-state index contributed by atoms with van der Waals surface area (Å²) in [5.41, 5.74) is 0.799. The number of anilines is 1. The first-order chi connectivity index (χ1) is 13.3. The predicted molar refractivity (Wildman–Crippen MR) is 104 cm³/mol. The molecule has 0 bridgehead atoms. The fraction of sp³-hybridized carbons (Fsp3) is 0.353. The van der Waals surface area contributed by atoms with E-state index < -0.39 is 27.6 Å². The van der Waals surface area contributed by atoms with Crippen LogP contribution in [0.5, 0.6) is 0 Å². The van der Waals surface area contributed by atoms with Crippen molar-refractivity contribution in [2.45, 2.75) is 19.1 Å². The number of halogens is 3. The summed E-state index contributed by atoms with van der Waals surface area (Å²) >= 11 is 0. The Hall–Kier alpha value is -2.73. The van der Waals surface area contributed by atoms with Gasteiger partial charge in [-0.3, -0.25) is 13.9 Å². The summed E-state index contributed by atoms with van der Waals surface area (Å²) in [4.78, 5) is 4.38. The molecule has 0 fully saturated rings. The van der Waals surface area contributed by atoms with Crippen molar-refractivity contribution in [3.05, 3.63) is 48.3 Å². The Balaban J connectivity index is 1.83. The van der Waals surface area contributed by atoms with E-state index in [-0.39, 0.29) is 18.0 Å². The van der Waals surface area contributed by atoms with Crippen molar-refractivity contribution < 1.29 is 26.4 Å². The molecule has 1 aliphatic heterocycles. The van der Waals surface area contributed by atoms with Crippen LogP contribution in [0.3, 0.4) is 0 Å². The Morgan fingerprint density at radius 2 is 1.90 bits per heavy atom. The van der Waals surface area contributed by atoms with Gasteiger partial charge < -0.3 is 9.73 Å². The van der Waals surface area contributed by atoms with Crippen LogP contribution in [-0.2, 0) is 15.7 Å². The van der Waals surface area contributed by atoms with Crippen molar-refractivity contribution in [2.24, 2.45) is 4.99 Å². The minimum atomic E-state index is -4.74. The largest absolute Gasteiger partial charge is 0.470 e. The first-order valence-electron chi connectivity index (χ1n) is 8.45. The number of hydrogen-bond donors (Lipinski definition) is 2. The number of hydrogen-bond acceptors (Lipinski definition) is 6. The third kappa shape index (κ3) is 4.82. The van der Waals surface area contributed by atoms with E-state index in [0.29, 0.717) is 11.5 Å². The van der Waals surface area contributed by atoms with Crippen LogP contribution in [0.25, 0.3) is 5.57 Å². The van der Waals surface area contributed by atoms with E-state index in [4.69, 9.17) is 4.42 Å². The highest BCUT2D eigenvalue weighted by Crippen LogP contribution is 2.31. The lowest BCUT2D eigenvalue weighted by Crippen LogP contribution is -2.53. The molecule has 2 N–H and O–H groups in total. The number of nitrogens with zero attached hydrogens (tertiary/aromatic N) is 4. The van der Waals surface area contributed by atoms with E-state index in [1.54, 1.807) is 37.3 Å². The Morgan fingerprint density at radius 3 is 2.41 bits per heavy atom. The number of nitrogens with one attached hydrogen (secondary N) is 1. The fourth-order valence-corrected chi connectivity index (χ4v) is 3.93. The molecule has 0 aliphatic carbocycles. The number of rotatable bonds is 5. The van der Waals surface area contributed by atoms with Gasteiger partial charge in [-0.15, -0.1) is 19.7 Å². The Labute approximate surface area is 164 Å². The van der Waals surface area contributed by atoms with Crippen LogP contribution in [0.2, 0.25) is 0 Å². The second kappa shape index (κ2) is 6.95. The van der Waals surface area contributed by atoms with E-state index in [2.05, 4.69) is 20.5 Å². The maximum Gasteiger partial charge on any atom is 0.470 e. The van der Waals surface area contributed by atoms with Crippen LogP contribution in [-0.4, -0.2) is 49.9 Å². The molecule has 3 rings (SSSR count). The van der Waals surface area contributed by atoms with Crippen molar-refractivity contribution in [2.75, 3.05) is 23.4 Å². The SMILES string of the molecule is CC1N=C(CN(c2ccccc2)S(C)(C)(=O)O)NC=C1c1nnc(C(F)(F)F)o1. The highest BCUT2D eigenvalue weighted by atomic mass is 32.3. The Kier molecular flexibility index (Phi) is 5.03. The fourth-order valence-electron chi connectivity index (χ4n) is 2.71. The van der Waals surface area contributed by atoms with E-state index in [9.17, 15) is 21.9 Å². The molecule has 2 aromatic rings. The van der Waals surface area contributed by atoms with E-state index >= 15 is 0 Å². The van der Waals surface area contributed by atoms with Gasteiger partial charge in [-0.25, -0.2) is 0 Å². The van der Waals surface area contributed by atoms with Crippen LogP contribution in [0.1, 0.15) is 18.7 Å². The maximum absolute atomic E-state index is 12.9. The van der Waals surface area contributed by atoms with Gasteiger partial charge in [-0.05, 0) is 19.1 Å². The molecule has 0 saturated heterocycles. The maximum atomic E-state index is 12.9. The van der Waals surface area contributed by atoms with Crippen molar-refractivity contribution >= 4 is 26.6 Å². The molecular weight excluding hydrogens is 411 g/mol. The Bertz CT molecular complexity index is 1020. The summed E-state index contributed by atoms with van der Waals surface area (Å²) in [5.74, 6) is -1.38. The summed E-state index contributed by atoms with van der Waals surface area (Å²) in [6.07, 6.45) is -0.866. The van der Waals surface area contributed by atoms with Crippen molar-refractivity contribution in [3.63, 3.8) is 0 Å². The number of aromatic nitrogens is 2. The smallest absolute Gasteiger partial charge is 0.413 e. The van der Waals surface area contributed by atoms with E-state index in [1.807, 2.05) is 0 Å². The van der Waals surface area contributed by atoms with Crippen LogP contribution >= 0.6 is 0 Å². The van der Waals surface area contributed by atoms with Gasteiger partial charge in [-0.1, -0.05) is 18.2 Å². The zero-order valence-corrected chi connectivity index (χ0v) is 16.7. The highest BCUT2D eigenvalue weighted by molar-refractivity contribution is 8.15. The number of alkyl halides is 3. The van der Waals surface area contributed by atoms with Crippen LogP contribution < -0.4 is 9.62 Å². The zero-order valence-electron chi connectivity index (χ0n) is 15.8. The molecule has 1 aromatic carbocycles. The van der Waals surface area contributed by atoms with Crippen molar-refractivity contribution in [3.8, 4) is 0 Å². The molecular formula is C17H20F3N5O3S. The predicted octanol–water partition coefficient (Wildman–Crippen LogP) is 2.79. The monoisotopic (exact) mass is 431 g/mol. The summed E-state index contributed by atoms with van der Waals surface area (Å²) in [6, 6.07) is 8.06. The first-order valence-corrected chi connectivity index (χ1v) is 11.1. The third-order valence-corrected chi connectivity index (χ3v) is 5.67. The normalized spacial score (nSPS) is 18.9. The quantitative estimate of drug-likeness (QED) is 0.755. The summed E-state index contributed by atoms with van der Waals surface area (Å²) in [6.45, 7) is 1.62. The third-order valence-electron chi connectivity index (χ3n) is 4.08. The Morgan fingerprint density at radius 1 is 1.24 bits per heavy atom. The molecule has 1 atom stereocenters. The zero-order chi connectivity index (χ0) is 21.5. The van der Waals surface area contributed by atoms with Gasteiger partial charge in [0.2, 0.25) is 5.89 Å². The molecule has 158 valence electrons. The minimum absolute atomic E-state index is 0.0232.